The molecule has 0 aliphatic rings. The van der Waals surface area contributed by atoms with Crippen LogP contribution in [0.15, 0.2) is 23.6 Å². The number of benzene rings is 1. The summed E-state index contributed by atoms with van der Waals surface area (Å²) in [5, 5.41) is 6.56. The smallest absolute Gasteiger partial charge is 0.165 e. The van der Waals surface area contributed by atoms with Crippen LogP contribution in [0.1, 0.15) is 29.2 Å². The molecule has 1 heterocycles. The molecule has 2 rings (SSSR count). The quantitative estimate of drug-likeness (QED) is 0.885. The van der Waals surface area contributed by atoms with E-state index in [0.29, 0.717) is 0 Å². The summed E-state index contributed by atoms with van der Waals surface area (Å²) in [5.74, 6) is -0.0478. The van der Waals surface area contributed by atoms with Crippen molar-refractivity contribution in [3.8, 4) is 5.75 Å². The topological polar surface area (TPSA) is 34.1 Å². The highest BCUT2D eigenvalue weighted by molar-refractivity contribution is 7.09. The van der Waals surface area contributed by atoms with Gasteiger partial charge in [0, 0.05) is 30.1 Å². The predicted octanol–water partition coefficient (Wildman–Crippen LogP) is 3.49. The lowest BCUT2D eigenvalue weighted by molar-refractivity contribution is 0.385. The Morgan fingerprint density at radius 2 is 2.25 bits per heavy atom. The van der Waals surface area contributed by atoms with Crippen LogP contribution in [0.4, 0.5) is 4.39 Å². The molecule has 1 atom stereocenters. The van der Waals surface area contributed by atoms with Gasteiger partial charge in [0.05, 0.1) is 12.1 Å². The number of aromatic nitrogens is 1. The second-order valence-corrected chi connectivity index (χ2v) is 5.65. The average molecular weight is 294 g/mol. The van der Waals surface area contributed by atoms with Gasteiger partial charge in [-0.05, 0) is 31.5 Å². The van der Waals surface area contributed by atoms with Crippen LogP contribution in [0, 0.1) is 12.7 Å². The van der Waals surface area contributed by atoms with Crippen LogP contribution < -0.4 is 10.1 Å². The summed E-state index contributed by atoms with van der Waals surface area (Å²) in [5.41, 5.74) is 1.98. The van der Waals surface area contributed by atoms with Gasteiger partial charge >= 0.3 is 0 Å². The SMILES string of the molecule is COc1ccc(C(C)NCCc2nc(C)cs2)cc1F. The van der Waals surface area contributed by atoms with Crippen molar-refractivity contribution in [3.05, 3.63) is 45.7 Å². The number of thiazole rings is 1. The molecule has 0 aliphatic carbocycles. The van der Waals surface area contributed by atoms with Gasteiger partial charge in [-0.2, -0.15) is 0 Å². The molecule has 0 bridgehead atoms. The van der Waals surface area contributed by atoms with E-state index < -0.39 is 0 Å². The molecule has 0 saturated heterocycles. The number of methoxy groups -OCH3 is 1. The minimum Gasteiger partial charge on any atom is -0.494 e. The maximum Gasteiger partial charge on any atom is 0.165 e. The number of halogens is 1. The molecule has 0 amide bonds. The number of hydrogen-bond donors (Lipinski definition) is 1. The standard InChI is InChI=1S/C15H19FN2OS/c1-10-9-20-15(18-10)6-7-17-11(2)12-4-5-14(19-3)13(16)8-12/h4-5,8-9,11,17H,6-7H2,1-3H3. The third kappa shape index (κ3) is 3.77. The number of nitrogens with zero attached hydrogens (tertiary/aromatic N) is 1. The van der Waals surface area contributed by atoms with Gasteiger partial charge in [-0.25, -0.2) is 9.37 Å². The molecule has 2 aromatic rings. The maximum absolute atomic E-state index is 13.6. The lowest BCUT2D eigenvalue weighted by atomic mass is 10.1. The van der Waals surface area contributed by atoms with Gasteiger partial charge in [0.25, 0.3) is 0 Å². The Labute approximate surface area is 122 Å². The first-order chi connectivity index (χ1) is 9.60. The summed E-state index contributed by atoms with van der Waals surface area (Å²) < 4.78 is 18.6. The third-order valence-electron chi connectivity index (χ3n) is 3.13. The molecular formula is C15H19FN2OS. The lowest BCUT2D eigenvalue weighted by Gasteiger charge is -2.14. The van der Waals surface area contributed by atoms with Crippen molar-refractivity contribution < 1.29 is 9.13 Å². The van der Waals surface area contributed by atoms with Gasteiger partial charge in [0.2, 0.25) is 0 Å². The Balaban J connectivity index is 1.88. The molecule has 20 heavy (non-hydrogen) atoms. The molecule has 1 N–H and O–H groups in total. The van der Waals surface area contributed by atoms with Gasteiger partial charge < -0.3 is 10.1 Å². The van der Waals surface area contributed by atoms with Crippen molar-refractivity contribution in [2.45, 2.75) is 26.3 Å². The van der Waals surface area contributed by atoms with E-state index in [9.17, 15) is 4.39 Å². The average Bonchev–Trinajstić information content (AvgIpc) is 2.84. The first kappa shape index (κ1) is 14.9. The van der Waals surface area contributed by atoms with E-state index in [1.807, 2.05) is 19.9 Å². The van der Waals surface area contributed by atoms with Crippen molar-refractivity contribution in [1.29, 1.82) is 0 Å². The highest BCUT2D eigenvalue weighted by Crippen LogP contribution is 2.21. The van der Waals surface area contributed by atoms with Gasteiger partial charge in [0.1, 0.15) is 0 Å². The van der Waals surface area contributed by atoms with E-state index in [1.54, 1.807) is 17.4 Å². The van der Waals surface area contributed by atoms with E-state index in [-0.39, 0.29) is 17.6 Å². The van der Waals surface area contributed by atoms with Gasteiger partial charge in [-0.1, -0.05) is 6.07 Å². The van der Waals surface area contributed by atoms with E-state index in [4.69, 9.17) is 4.74 Å². The number of nitrogens with one attached hydrogen (secondary N) is 1. The summed E-state index contributed by atoms with van der Waals surface area (Å²) in [4.78, 5) is 4.42. The second-order valence-electron chi connectivity index (χ2n) is 4.70. The zero-order valence-corrected chi connectivity index (χ0v) is 12.8. The van der Waals surface area contributed by atoms with Crippen LogP contribution in [0.2, 0.25) is 0 Å². The lowest BCUT2D eigenvalue weighted by Crippen LogP contribution is -2.21. The number of rotatable bonds is 6. The number of ether oxygens (including phenoxy) is 1. The van der Waals surface area contributed by atoms with Crippen LogP contribution in [0.25, 0.3) is 0 Å². The van der Waals surface area contributed by atoms with Gasteiger partial charge in [-0.15, -0.1) is 11.3 Å². The maximum atomic E-state index is 13.6. The molecule has 0 fully saturated rings. The van der Waals surface area contributed by atoms with Crippen LogP contribution in [-0.2, 0) is 6.42 Å². The van der Waals surface area contributed by atoms with Crippen LogP contribution in [0.3, 0.4) is 0 Å². The first-order valence-electron chi connectivity index (χ1n) is 6.58. The van der Waals surface area contributed by atoms with Crippen LogP contribution >= 0.6 is 11.3 Å². The molecule has 3 nitrogen and oxygen atoms in total. The Hall–Kier alpha value is -1.46. The zero-order valence-electron chi connectivity index (χ0n) is 11.9. The Morgan fingerprint density at radius 1 is 1.45 bits per heavy atom. The summed E-state index contributed by atoms with van der Waals surface area (Å²) in [6, 6.07) is 5.15. The van der Waals surface area contributed by atoms with E-state index in [1.165, 1.54) is 13.2 Å². The molecule has 5 heteroatoms. The Morgan fingerprint density at radius 3 is 2.85 bits per heavy atom. The fourth-order valence-corrected chi connectivity index (χ4v) is 2.76. The van der Waals surface area contributed by atoms with E-state index >= 15 is 0 Å². The fourth-order valence-electron chi connectivity index (χ4n) is 1.98. The van der Waals surface area contributed by atoms with Gasteiger partial charge in [-0.3, -0.25) is 0 Å². The van der Waals surface area contributed by atoms with Crippen molar-refractivity contribution in [3.63, 3.8) is 0 Å². The van der Waals surface area contributed by atoms with Gasteiger partial charge in [0.15, 0.2) is 11.6 Å². The third-order valence-corrected chi connectivity index (χ3v) is 4.16. The number of aryl methyl sites for hydroxylation is 1. The molecule has 1 aromatic heterocycles. The van der Waals surface area contributed by atoms with Crippen molar-refractivity contribution >= 4 is 11.3 Å². The molecule has 0 spiro atoms. The molecule has 1 unspecified atom stereocenters. The van der Waals surface area contributed by atoms with Crippen molar-refractivity contribution in [1.82, 2.24) is 10.3 Å². The molecule has 0 radical (unpaired) electrons. The molecular weight excluding hydrogens is 275 g/mol. The minimum atomic E-state index is -0.325. The Kier molecular flexibility index (Phi) is 5.09. The molecule has 0 saturated carbocycles. The summed E-state index contributed by atoms with van der Waals surface area (Å²) in [7, 11) is 1.47. The zero-order chi connectivity index (χ0) is 14.5. The fraction of sp³-hybridized carbons (Fsp3) is 0.400. The number of hydrogen-bond acceptors (Lipinski definition) is 4. The predicted molar refractivity (Wildman–Crippen MR) is 79.9 cm³/mol. The van der Waals surface area contributed by atoms with Crippen LogP contribution in [-0.4, -0.2) is 18.6 Å². The summed E-state index contributed by atoms with van der Waals surface area (Å²) >= 11 is 1.68. The Bertz CT molecular complexity index is 571. The highest BCUT2D eigenvalue weighted by atomic mass is 32.1. The molecule has 1 aromatic carbocycles. The van der Waals surface area contributed by atoms with E-state index in [0.717, 1.165) is 29.2 Å². The highest BCUT2D eigenvalue weighted by Gasteiger charge is 2.09. The summed E-state index contributed by atoms with van der Waals surface area (Å²) in [6.45, 7) is 4.84. The largest absolute Gasteiger partial charge is 0.494 e. The summed E-state index contributed by atoms with van der Waals surface area (Å²) in [6.07, 6.45) is 0.890. The first-order valence-corrected chi connectivity index (χ1v) is 7.46. The van der Waals surface area contributed by atoms with Crippen molar-refractivity contribution in [2.24, 2.45) is 0 Å². The minimum absolute atomic E-state index is 0.0939. The van der Waals surface area contributed by atoms with Crippen molar-refractivity contribution in [2.75, 3.05) is 13.7 Å². The molecule has 108 valence electrons. The second kappa shape index (κ2) is 6.81. The molecule has 0 aliphatic heterocycles. The normalized spacial score (nSPS) is 12.4. The van der Waals surface area contributed by atoms with Crippen LogP contribution in [0.5, 0.6) is 5.75 Å². The van der Waals surface area contributed by atoms with E-state index in [2.05, 4.69) is 15.7 Å². The monoisotopic (exact) mass is 294 g/mol.